The van der Waals surface area contributed by atoms with Crippen LogP contribution in [0, 0.1) is 0 Å². The third-order valence-electron chi connectivity index (χ3n) is 0.986. The van der Waals surface area contributed by atoms with Crippen molar-refractivity contribution in [2.24, 2.45) is 0 Å². The molecule has 0 saturated carbocycles. The molecular weight excluding hydrogens is 102 g/mol. The molecule has 8 heavy (non-hydrogen) atoms. The Bertz CT molecular complexity index is 42.9. The minimum absolute atomic E-state index is 0.250. The Morgan fingerprint density at radius 3 is 1.88 bits per heavy atom. The van der Waals surface area contributed by atoms with Gasteiger partial charge in [-0.05, 0) is 20.6 Å². The Kier molecular flexibility index (Phi) is 4.95. The molecule has 3 N–H and O–H groups in total. The van der Waals surface area contributed by atoms with Gasteiger partial charge < -0.3 is 0 Å². The predicted octanol–water partition coefficient (Wildman–Crippen LogP) is -0.682. The highest BCUT2D eigenvalue weighted by Gasteiger charge is 1.94. The Morgan fingerprint density at radius 2 is 1.75 bits per heavy atom. The fraction of sp³-hybridized carbons (Fsp3) is 1.00. The minimum atomic E-state index is 0.250. The van der Waals surface area contributed by atoms with E-state index >= 15 is 0 Å². The first-order valence-corrected chi connectivity index (χ1v) is 2.93. The molecule has 0 fully saturated rings. The molecule has 0 heterocycles. The quantitative estimate of drug-likeness (QED) is 0.427. The van der Waals surface area contributed by atoms with Crippen LogP contribution in [0.25, 0.3) is 0 Å². The van der Waals surface area contributed by atoms with Crippen LogP contribution < -0.4 is 16.0 Å². The van der Waals surface area contributed by atoms with E-state index in [2.05, 4.69) is 22.9 Å². The lowest BCUT2D eigenvalue weighted by Gasteiger charge is -2.14. The Labute approximate surface area is 50.8 Å². The van der Waals surface area contributed by atoms with Crippen LogP contribution in [0.2, 0.25) is 0 Å². The molecule has 0 aromatic rings. The number of rotatable bonds is 4. The first kappa shape index (κ1) is 7.88. The standard InChI is InChI=1S/C5H15N3/c1-4-8-5(6-2)7-3/h5-8H,4H2,1-3H3. The van der Waals surface area contributed by atoms with Crippen molar-refractivity contribution >= 4 is 0 Å². The number of hydrogen-bond acceptors (Lipinski definition) is 3. The summed E-state index contributed by atoms with van der Waals surface area (Å²) in [5.74, 6) is 0. The summed E-state index contributed by atoms with van der Waals surface area (Å²) < 4.78 is 0. The highest BCUT2D eigenvalue weighted by molar-refractivity contribution is 4.51. The van der Waals surface area contributed by atoms with E-state index in [4.69, 9.17) is 0 Å². The molecule has 0 unspecified atom stereocenters. The predicted molar refractivity (Wildman–Crippen MR) is 35.6 cm³/mol. The van der Waals surface area contributed by atoms with Crippen LogP contribution in [-0.2, 0) is 0 Å². The van der Waals surface area contributed by atoms with Gasteiger partial charge in [0.15, 0.2) is 0 Å². The zero-order valence-corrected chi connectivity index (χ0v) is 5.78. The van der Waals surface area contributed by atoms with E-state index in [1.807, 2.05) is 14.1 Å². The summed E-state index contributed by atoms with van der Waals surface area (Å²) in [6.07, 6.45) is 0.250. The fourth-order valence-electron chi connectivity index (χ4n) is 0.553. The summed E-state index contributed by atoms with van der Waals surface area (Å²) in [6, 6.07) is 0. The lowest BCUT2D eigenvalue weighted by atomic mass is 10.7. The van der Waals surface area contributed by atoms with Crippen LogP contribution in [0.1, 0.15) is 6.92 Å². The highest BCUT2D eigenvalue weighted by atomic mass is 15.3. The van der Waals surface area contributed by atoms with E-state index in [0.29, 0.717) is 0 Å². The van der Waals surface area contributed by atoms with Crippen molar-refractivity contribution in [3.05, 3.63) is 0 Å². The molecule has 0 aliphatic heterocycles. The Morgan fingerprint density at radius 1 is 1.25 bits per heavy atom. The maximum atomic E-state index is 3.16. The molecule has 50 valence electrons. The maximum Gasteiger partial charge on any atom is 0.111 e. The molecule has 0 rings (SSSR count). The molecule has 0 amide bonds. The first-order chi connectivity index (χ1) is 3.85. The van der Waals surface area contributed by atoms with E-state index < -0.39 is 0 Å². The number of hydrogen-bond donors (Lipinski definition) is 3. The van der Waals surface area contributed by atoms with Crippen molar-refractivity contribution in [3.8, 4) is 0 Å². The van der Waals surface area contributed by atoms with Crippen LogP contribution in [-0.4, -0.2) is 26.9 Å². The average molecular weight is 117 g/mol. The second kappa shape index (κ2) is 5.03. The molecule has 3 nitrogen and oxygen atoms in total. The molecular formula is C5H15N3. The lowest BCUT2D eigenvalue weighted by molar-refractivity contribution is 0.414. The van der Waals surface area contributed by atoms with E-state index in [-0.39, 0.29) is 6.29 Å². The normalized spacial score (nSPS) is 10.5. The van der Waals surface area contributed by atoms with Gasteiger partial charge in [0.25, 0.3) is 0 Å². The zero-order chi connectivity index (χ0) is 6.41. The molecule has 0 aliphatic carbocycles. The zero-order valence-electron chi connectivity index (χ0n) is 5.78. The summed E-state index contributed by atoms with van der Waals surface area (Å²) in [4.78, 5) is 0. The lowest BCUT2D eigenvalue weighted by Crippen LogP contribution is -2.49. The molecule has 0 spiro atoms. The molecule has 0 bridgehead atoms. The van der Waals surface area contributed by atoms with Gasteiger partial charge in [0, 0.05) is 0 Å². The van der Waals surface area contributed by atoms with Crippen LogP contribution in [0.15, 0.2) is 0 Å². The summed E-state index contributed by atoms with van der Waals surface area (Å²) in [7, 11) is 3.81. The first-order valence-electron chi connectivity index (χ1n) is 2.93. The maximum absolute atomic E-state index is 3.16. The van der Waals surface area contributed by atoms with E-state index in [0.717, 1.165) is 6.54 Å². The highest BCUT2D eigenvalue weighted by Crippen LogP contribution is 1.62. The summed E-state index contributed by atoms with van der Waals surface area (Å²) in [5, 5.41) is 9.22. The van der Waals surface area contributed by atoms with E-state index in [1.54, 1.807) is 0 Å². The van der Waals surface area contributed by atoms with Crippen molar-refractivity contribution in [1.29, 1.82) is 0 Å². The third-order valence-corrected chi connectivity index (χ3v) is 0.986. The summed E-state index contributed by atoms with van der Waals surface area (Å²) in [6.45, 7) is 3.05. The van der Waals surface area contributed by atoms with Gasteiger partial charge in [-0.25, -0.2) is 0 Å². The Hall–Kier alpha value is -0.120. The van der Waals surface area contributed by atoms with Gasteiger partial charge in [-0.15, -0.1) is 0 Å². The van der Waals surface area contributed by atoms with Crippen molar-refractivity contribution < 1.29 is 0 Å². The number of nitrogens with one attached hydrogen (secondary N) is 3. The van der Waals surface area contributed by atoms with Gasteiger partial charge in [0.05, 0.1) is 0 Å². The molecule has 3 heteroatoms. The molecule has 0 aromatic heterocycles. The fourth-order valence-corrected chi connectivity index (χ4v) is 0.553. The SMILES string of the molecule is CCNC(NC)NC. The summed E-state index contributed by atoms with van der Waals surface area (Å²) in [5.41, 5.74) is 0. The van der Waals surface area contributed by atoms with Gasteiger partial charge in [0.2, 0.25) is 0 Å². The van der Waals surface area contributed by atoms with E-state index in [9.17, 15) is 0 Å². The molecule has 0 aliphatic rings. The molecule has 0 atom stereocenters. The van der Waals surface area contributed by atoms with Gasteiger partial charge in [-0.1, -0.05) is 6.92 Å². The third kappa shape index (κ3) is 2.96. The van der Waals surface area contributed by atoms with E-state index in [1.165, 1.54) is 0 Å². The molecule has 0 aromatic carbocycles. The van der Waals surface area contributed by atoms with Gasteiger partial charge in [-0.2, -0.15) is 0 Å². The van der Waals surface area contributed by atoms with Crippen molar-refractivity contribution in [2.75, 3.05) is 20.6 Å². The molecule has 0 saturated heterocycles. The largest absolute Gasteiger partial charge is 0.293 e. The molecule has 0 radical (unpaired) electrons. The van der Waals surface area contributed by atoms with Crippen LogP contribution in [0.4, 0.5) is 0 Å². The second-order valence-corrected chi connectivity index (χ2v) is 1.57. The van der Waals surface area contributed by atoms with Crippen molar-refractivity contribution in [1.82, 2.24) is 16.0 Å². The van der Waals surface area contributed by atoms with Crippen molar-refractivity contribution in [2.45, 2.75) is 13.2 Å². The van der Waals surface area contributed by atoms with Crippen LogP contribution in [0.3, 0.4) is 0 Å². The summed E-state index contributed by atoms with van der Waals surface area (Å²) >= 11 is 0. The average Bonchev–Trinajstić information content (AvgIpc) is 1.83. The Balaban J connectivity index is 3.07. The topological polar surface area (TPSA) is 36.1 Å². The van der Waals surface area contributed by atoms with Crippen LogP contribution >= 0.6 is 0 Å². The minimum Gasteiger partial charge on any atom is -0.293 e. The smallest absolute Gasteiger partial charge is 0.111 e. The van der Waals surface area contributed by atoms with Gasteiger partial charge in [0.1, 0.15) is 6.29 Å². The van der Waals surface area contributed by atoms with Crippen molar-refractivity contribution in [3.63, 3.8) is 0 Å². The monoisotopic (exact) mass is 117 g/mol. The van der Waals surface area contributed by atoms with Gasteiger partial charge in [-0.3, -0.25) is 16.0 Å². The second-order valence-electron chi connectivity index (χ2n) is 1.57. The van der Waals surface area contributed by atoms with Crippen LogP contribution in [0.5, 0.6) is 0 Å². The van der Waals surface area contributed by atoms with Gasteiger partial charge >= 0.3 is 0 Å².